The zero-order valence-electron chi connectivity index (χ0n) is 11.2. The molecule has 0 radical (unpaired) electrons. The molecule has 0 fully saturated rings. The van der Waals surface area contributed by atoms with Gasteiger partial charge in [0.15, 0.2) is 11.5 Å². The van der Waals surface area contributed by atoms with Crippen LogP contribution in [0.4, 0.5) is 0 Å². The van der Waals surface area contributed by atoms with Gasteiger partial charge in [0.2, 0.25) is 5.91 Å². The van der Waals surface area contributed by atoms with Crippen molar-refractivity contribution in [1.82, 2.24) is 19.9 Å². The highest BCUT2D eigenvalue weighted by atomic mass is 16.2. The number of nitrogens with zero attached hydrogens (tertiary/aromatic N) is 3. The van der Waals surface area contributed by atoms with Crippen molar-refractivity contribution >= 4 is 11.6 Å². The second-order valence-electron chi connectivity index (χ2n) is 5.00. The number of nitrogens with one attached hydrogen (secondary N) is 1. The summed E-state index contributed by atoms with van der Waals surface area (Å²) in [6.07, 6.45) is 2.54. The summed E-state index contributed by atoms with van der Waals surface area (Å²) < 4.78 is 1.84. The fourth-order valence-electron chi connectivity index (χ4n) is 1.92. The number of nitrogens with two attached hydrogens (primary N) is 1. The van der Waals surface area contributed by atoms with Gasteiger partial charge in [0, 0.05) is 6.20 Å². The SMILES string of the molecule is CC(C)CC(N)C(=O)NCc1nnc2ccccn12. The number of fused-ring (bicyclic) bond motifs is 1. The van der Waals surface area contributed by atoms with Gasteiger partial charge >= 0.3 is 0 Å². The van der Waals surface area contributed by atoms with Crippen LogP contribution < -0.4 is 11.1 Å². The van der Waals surface area contributed by atoms with Gasteiger partial charge in [-0.05, 0) is 24.5 Å². The van der Waals surface area contributed by atoms with Crippen molar-refractivity contribution in [2.45, 2.75) is 32.9 Å². The third-order valence-electron chi connectivity index (χ3n) is 2.87. The van der Waals surface area contributed by atoms with Gasteiger partial charge in [-0.1, -0.05) is 19.9 Å². The van der Waals surface area contributed by atoms with Crippen molar-refractivity contribution in [2.75, 3.05) is 0 Å². The number of amides is 1. The van der Waals surface area contributed by atoms with Crippen molar-refractivity contribution in [2.24, 2.45) is 11.7 Å². The zero-order valence-corrected chi connectivity index (χ0v) is 11.2. The van der Waals surface area contributed by atoms with E-state index in [0.717, 1.165) is 5.65 Å². The van der Waals surface area contributed by atoms with E-state index in [1.54, 1.807) is 0 Å². The van der Waals surface area contributed by atoms with E-state index in [1.807, 2.05) is 42.6 Å². The largest absolute Gasteiger partial charge is 0.347 e. The Labute approximate surface area is 112 Å². The van der Waals surface area contributed by atoms with Crippen LogP contribution >= 0.6 is 0 Å². The molecule has 2 rings (SSSR count). The van der Waals surface area contributed by atoms with Crippen molar-refractivity contribution < 1.29 is 4.79 Å². The van der Waals surface area contributed by atoms with Crippen LogP contribution in [0.15, 0.2) is 24.4 Å². The lowest BCUT2D eigenvalue weighted by Gasteiger charge is -2.13. The van der Waals surface area contributed by atoms with Crippen LogP contribution in [0.2, 0.25) is 0 Å². The molecule has 2 heterocycles. The van der Waals surface area contributed by atoms with E-state index in [4.69, 9.17) is 5.73 Å². The number of pyridine rings is 1. The molecule has 0 aliphatic carbocycles. The van der Waals surface area contributed by atoms with Gasteiger partial charge < -0.3 is 11.1 Å². The van der Waals surface area contributed by atoms with Gasteiger partial charge in [0.05, 0.1) is 12.6 Å². The zero-order chi connectivity index (χ0) is 13.8. The first-order chi connectivity index (χ1) is 9.08. The Morgan fingerprint density at radius 3 is 2.95 bits per heavy atom. The summed E-state index contributed by atoms with van der Waals surface area (Å²) in [5.74, 6) is 0.941. The molecule has 2 aromatic heterocycles. The second kappa shape index (κ2) is 5.79. The molecule has 0 aliphatic heterocycles. The molecule has 6 nitrogen and oxygen atoms in total. The summed E-state index contributed by atoms with van der Waals surface area (Å²) in [4.78, 5) is 11.8. The maximum absolute atomic E-state index is 11.8. The topological polar surface area (TPSA) is 85.3 Å². The van der Waals surface area contributed by atoms with Gasteiger partial charge in [-0.25, -0.2) is 0 Å². The van der Waals surface area contributed by atoms with Crippen LogP contribution in [0.3, 0.4) is 0 Å². The smallest absolute Gasteiger partial charge is 0.237 e. The highest BCUT2D eigenvalue weighted by Crippen LogP contribution is 2.04. The molecule has 6 heteroatoms. The Balaban J connectivity index is 1.97. The summed E-state index contributed by atoms with van der Waals surface area (Å²) in [7, 11) is 0. The number of aromatic nitrogens is 3. The summed E-state index contributed by atoms with van der Waals surface area (Å²) >= 11 is 0. The summed E-state index contributed by atoms with van der Waals surface area (Å²) in [6, 6.07) is 5.18. The van der Waals surface area contributed by atoms with Crippen LogP contribution in [-0.4, -0.2) is 26.5 Å². The Kier molecular flexibility index (Phi) is 4.11. The molecule has 19 heavy (non-hydrogen) atoms. The number of rotatable bonds is 5. The molecule has 0 saturated heterocycles. The Hall–Kier alpha value is -1.95. The van der Waals surface area contributed by atoms with Crippen molar-refractivity contribution in [3.05, 3.63) is 30.2 Å². The first-order valence-electron chi connectivity index (χ1n) is 6.40. The summed E-state index contributed by atoms with van der Waals surface area (Å²) in [5, 5.41) is 10.9. The molecule has 0 aromatic carbocycles. The monoisotopic (exact) mass is 261 g/mol. The Morgan fingerprint density at radius 2 is 2.21 bits per heavy atom. The van der Waals surface area contributed by atoms with Gasteiger partial charge in [-0.15, -0.1) is 10.2 Å². The molecule has 2 aromatic rings. The van der Waals surface area contributed by atoms with Crippen molar-refractivity contribution in [1.29, 1.82) is 0 Å². The molecule has 3 N–H and O–H groups in total. The van der Waals surface area contributed by atoms with E-state index in [2.05, 4.69) is 15.5 Å². The molecular formula is C13H19N5O. The highest BCUT2D eigenvalue weighted by Gasteiger charge is 2.15. The molecule has 102 valence electrons. The molecule has 0 spiro atoms. The van der Waals surface area contributed by atoms with Crippen LogP contribution in [0.25, 0.3) is 5.65 Å². The van der Waals surface area contributed by atoms with E-state index in [9.17, 15) is 4.79 Å². The van der Waals surface area contributed by atoms with E-state index < -0.39 is 6.04 Å². The van der Waals surface area contributed by atoms with E-state index in [1.165, 1.54) is 0 Å². The third kappa shape index (κ3) is 3.29. The van der Waals surface area contributed by atoms with E-state index in [0.29, 0.717) is 24.7 Å². The Morgan fingerprint density at radius 1 is 1.42 bits per heavy atom. The molecule has 0 aliphatic rings. The third-order valence-corrected chi connectivity index (χ3v) is 2.87. The number of carbonyl (C=O) groups excluding carboxylic acids is 1. The maximum Gasteiger partial charge on any atom is 0.237 e. The minimum absolute atomic E-state index is 0.151. The first kappa shape index (κ1) is 13.5. The fraction of sp³-hybridized carbons (Fsp3) is 0.462. The molecule has 0 bridgehead atoms. The highest BCUT2D eigenvalue weighted by molar-refractivity contribution is 5.81. The molecule has 0 saturated carbocycles. The van der Waals surface area contributed by atoms with Gasteiger partial charge in [0.1, 0.15) is 0 Å². The first-order valence-corrected chi connectivity index (χ1v) is 6.40. The maximum atomic E-state index is 11.8. The van der Waals surface area contributed by atoms with E-state index >= 15 is 0 Å². The van der Waals surface area contributed by atoms with Gasteiger partial charge in [0.25, 0.3) is 0 Å². The summed E-state index contributed by atoms with van der Waals surface area (Å²) in [5.41, 5.74) is 6.58. The minimum atomic E-state index is -0.473. The lowest BCUT2D eigenvalue weighted by molar-refractivity contribution is -0.122. The second-order valence-corrected chi connectivity index (χ2v) is 5.00. The van der Waals surface area contributed by atoms with Crippen LogP contribution in [0.1, 0.15) is 26.1 Å². The number of hydrogen-bond donors (Lipinski definition) is 2. The fourth-order valence-corrected chi connectivity index (χ4v) is 1.92. The number of hydrogen-bond acceptors (Lipinski definition) is 4. The lowest BCUT2D eigenvalue weighted by atomic mass is 10.0. The quantitative estimate of drug-likeness (QED) is 0.830. The standard InChI is InChI=1S/C13H19N5O/c1-9(2)7-10(14)13(19)15-8-12-17-16-11-5-3-4-6-18(11)12/h3-6,9-10H,7-8,14H2,1-2H3,(H,15,19). The van der Waals surface area contributed by atoms with Crippen LogP contribution in [-0.2, 0) is 11.3 Å². The molecule has 1 atom stereocenters. The normalized spacial score (nSPS) is 12.8. The molecule has 1 amide bonds. The molecule has 1 unspecified atom stereocenters. The van der Waals surface area contributed by atoms with Crippen molar-refractivity contribution in [3.63, 3.8) is 0 Å². The van der Waals surface area contributed by atoms with Gasteiger partial charge in [-0.2, -0.15) is 0 Å². The minimum Gasteiger partial charge on any atom is -0.347 e. The molecular weight excluding hydrogens is 242 g/mol. The van der Waals surface area contributed by atoms with E-state index in [-0.39, 0.29) is 5.91 Å². The van der Waals surface area contributed by atoms with Crippen LogP contribution in [0.5, 0.6) is 0 Å². The average molecular weight is 261 g/mol. The predicted octanol–water partition coefficient (Wildman–Crippen LogP) is 0.719. The van der Waals surface area contributed by atoms with Gasteiger partial charge in [-0.3, -0.25) is 9.20 Å². The summed E-state index contributed by atoms with van der Waals surface area (Å²) in [6.45, 7) is 4.41. The number of carbonyl (C=O) groups is 1. The van der Waals surface area contributed by atoms with Crippen molar-refractivity contribution in [3.8, 4) is 0 Å². The lowest BCUT2D eigenvalue weighted by Crippen LogP contribution is -2.41. The predicted molar refractivity (Wildman–Crippen MR) is 72.3 cm³/mol. The average Bonchev–Trinajstić information content (AvgIpc) is 2.78. The van der Waals surface area contributed by atoms with Crippen LogP contribution in [0, 0.1) is 5.92 Å². The Bertz CT molecular complexity index is 563.